The molecule has 0 saturated heterocycles. The molecule has 5 heteroatoms. The van der Waals surface area contributed by atoms with Crippen molar-refractivity contribution in [3.8, 4) is 0 Å². The van der Waals surface area contributed by atoms with Crippen LogP contribution in [0.1, 0.15) is 5.56 Å². The van der Waals surface area contributed by atoms with Crippen molar-refractivity contribution in [2.75, 3.05) is 5.32 Å². The van der Waals surface area contributed by atoms with Gasteiger partial charge in [0.05, 0.1) is 17.1 Å². The van der Waals surface area contributed by atoms with E-state index in [4.69, 9.17) is 11.6 Å². The third-order valence-electron chi connectivity index (χ3n) is 2.93. The molecule has 1 atom stereocenters. The van der Waals surface area contributed by atoms with Crippen molar-refractivity contribution in [2.24, 2.45) is 0 Å². The van der Waals surface area contributed by atoms with Crippen LogP contribution in [0.3, 0.4) is 0 Å². The molecule has 1 aromatic carbocycles. The van der Waals surface area contributed by atoms with Crippen molar-refractivity contribution in [1.29, 1.82) is 0 Å². The lowest BCUT2D eigenvalue weighted by Crippen LogP contribution is -2.24. The monoisotopic (exact) mass is 290 g/mol. The van der Waals surface area contributed by atoms with Crippen molar-refractivity contribution in [1.82, 2.24) is 4.98 Å². The van der Waals surface area contributed by atoms with Gasteiger partial charge in [-0.05, 0) is 30.2 Å². The van der Waals surface area contributed by atoms with Crippen molar-refractivity contribution in [3.05, 3.63) is 53.3 Å². The Morgan fingerprint density at radius 1 is 1.32 bits per heavy atom. The molecule has 1 N–H and O–H groups in total. The van der Waals surface area contributed by atoms with Gasteiger partial charge < -0.3 is 5.32 Å². The lowest BCUT2D eigenvalue weighted by Gasteiger charge is -2.09. The standard InChI is InChI=1S/C14H11ClN2OS/c15-13-6-5-10(8-16-13)17-14(18)12-7-9-3-1-2-4-11(9)19-12/h1-6,8,12H,7H2,(H,17,18). The van der Waals surface area contributed by atoms with Gasteiger partial charge in [0.25, 0.3) is 0 Å². The van der Waals surface area contributed by atoms with E-state index in [0.29, 0.717) is 10.8 Å². The van der Waals surface area contributed by atoms with Gasteiger partial charge in [-0.1, -0.05) is 29.8 Å². The molecule has 2 aromatic rings. The molecule has 0 saturated carbocycles. The first-order chi connectivity index (χ1) is 9.22. The molecular formula is C14H11ClN2OS. The van der Waals surface area contributed by atoms with E-state index in [9.17, 15) is 4.79 Å². The zero-order chi connectivity index (χ0) is 13.2. The Labute approximate surface area is 120 Å². The normalized spacial score (nSPS) is 17.0. The van der Waals surface area contributed by atoms with Crippen LogP contribution in [0.2, 0.25) is 5.15 Å². The number of thioether (sulfide) groups is 1. The SMILES string of the molecule is O=C(Nc1ccc(Cl)nc1)C1Cc2ccccc2S1. The second kappa shape index (κ2) is 5.23. The summed E-state index contributed by atoms with van der Waals surface area (Å²) in [5, 5.41) is 3.21. The van der Waals surface area contributed by atoms with Crippen LogP contribution in [-0.4, -0.2) is 16.1 Å². The maximum absolute atomic E-state index is 12.2. The van der Waals surface area contributed by atoms with E-state index < -0.39 is 0 Å². The summed E-state index contributed by atoms with van der Waals surface area (Å²) in [7, 11) is 0. The van der Waals surface area contributed by atoms with Gasteiger partial charge in [-0.3, -0.25) is 4.79 Å². The number of halogens is 1. The largest absolute Gasteiger partial charge is 0.324 e. The number of nitrogens with zero attached hydrogens (tertiary/aromatic N) is 1. The molecule has 0 fully saturated rings. The van der Waals surface area contributed by atoms with E-state index in [2.05, 4.69) is 22.4 Å². The number of benzene rings is 1. The molecule has 0 aliphatic carbocycles. The number of amides is 1. The van der Waals surface area contributed by atoms with Crippen LogP contribution in [0.25, 0.3) is 0 Å². The van der Waals surface area contributed by atoms with Gasteiger partial charge in [0.2, 0.25) is 5.91 Å². The minimum Gasteiger partial charge on any atom is -0.324 e. The number of anilines is 1. The Kier molecular flexibility index (Phi) is 3.44. The summed E-state index contributed by atoms with van der Waals surface area (Å²) in [6.45, 7) is 0. The van der Waals surface area contributed by atoms with E-state index >= 15 is 0 Å². The lowest BCUT2D eigenvalue weighted by molar-refractivity contribution is -0.115. The number of hydrogen-bond donors (Lipinski definition) is 1. The number of hydrogen-bond acceptors (Lipinski definition) is 3. The van der Waals surface area contributed by atoms with Gasteiger partial charge in [0, 0.05) is 4.90 Å². The average Bonchev–Trinajstić information content (AvgIpc) is 2.85. The number of carbonyl (C=O) groups excluding carboxylic acids is 1. The fourth-order valence-corrected chi connectivity index (χ4v) is 3.31. The average molecular weight is 291 g/mol. The Balaban J connectivity index is 1.68. The molecule has 1 unspecified atom stereocenters. The molecule has 0 spiro atoms. The van der Waals surface area contributed by atoms with Gasteiger partial charge in [-0.25, -0.2) is 4.98 Å². The fraction of sp³-hybridized carbons (Fsp3) is 0.143. The highest BCUT2D eigenvalue weighted by molar-refractivity contribution is 8.01. The maximum atomic E-state index is 12.2. The maximum Gasteiger partial charge on any atom is 0.238 e. The zero-order valence-corrected chi connectivity index (χ0v) is 11.5. The highest BCUT2D eigenvalue weighted by Crippen LogP contribution is 2.37. The van der Waals surface area contributed by atoms with Gasteiger partial charge in [0.15, 0.2) is 0 Å². The molecule has 2 heterocycles. The van der Waals surface area contributed by atoms with Crippen molar-refractivity contribution in [2.45, 2.75) is 16.6 Å². The van der Waals surface area contributed by atoms with Crippen LogP contribution in [0.5, 0.6) is 0 Å². The van der Waals surface area contributed by atoms with Gasteiger partial charge >= 0.3 is 0 Å². The molecule has 1 aromatic heterocycles. The molecule has 1 amide bonds. The molecule has 19 heavy (non-hydrogen) atoms. The van der Waals surface area contributed by atoms with Crippen molar-refractivity contribution >= 4 is 35.0 Å². The minimum atomic E-state index is -0.0759. The van der Waals surface area contributed by atoms with Crippen LogP contribution in [-0.2, 0) is 11.2 Å². The summed E-state index contributed by atoms with van der Waals surface area (Å²) in [5.74, 6) is 0.00493. The summed E-state index contributed by atoms with van der Waals surface area (Å²) < 4.78 is 0. The summed E-state index contributed by atoms with van der Waals surface area (Å²) in [4.78, 5) is 17.3. The number of aromatic nitrogens is 1. The number of carbonyl (C=O) groups is 1. The molecule has 3 nitrogen and oxygen atoms in total. The smallest absolute Gasteiger partial charge is 0.238 e. The third kappa shape index (κ3) is 2.74. The topological polar surface area (TPSA) is 42.0 Å². The Hall–Kier alpha value is -1.52. The highest BCUT2D eigenvalue weighted by atomic mass is 35.5. The van der Waals surface area contributed by atoms with Gasteiger partial charge in [-0.2, -0.15) is 0 Å². The molecule has 1 aliphatic heterocycles. The second-order valence-electron chi connectivity index (χ2n) is 4.28. The Morgan fingerprint density at radius 3 is 2.89 bits per heavy atom. The molecule has 0 radical (unpaired) electrons. The number of fused-ring (bicyclic) bond motifs is 1. The summed E-state index contributed by atoms with van der Waals surface area (Å²) in [6.07, 6.45) is 2.33. The Morgan fingerprint density at radius 2 is 2.16 bits per heavy atom. The molecule has 3 rings (SSSR count). The minimum absolute atomic E-state index is 0.00493. The second-order valence-corrected chi connectivity index (χ2v) is 5.91. The summed E-state index contributed by atoms with van der Waals surface area (Å²) in [6, 6.07) is 11.5. The third-order valence-corrected chi connectivity index (χ3v) is 4.48. The zero-order valence-electron chi connectivity index (χ0n) is 9.97. The van der Waals surface area contributed by atoms with Crippen LogP contribution in [0.4, 0.5) is 5.69 Å². The van der Waals surface area contributed by atoms with Crippen molar-refractivity contribution in [3.63, 3.8) is 0 Å². The van der Waals surface area contributed by atoms with E-state index in [0.717, 1.165) is 6.42 Å². The van der Waals surface area contributed by atoms with Crippen LogP contribution in [0.15, 0.2) is 47.5 Å². The lowest BCUT2D eigenvalue weighted by atomic mass is 10.1. The number of rotatable bonds is 2. The first-order valence-corrected chi connectivity index (χ1v) is 7.15. The summed E-state index contributed by atoms with van der Waals surface area (Å²) in [5.41, 5.74) is 1.91. The molecule has 0 bridgehead atoms. The molecular weight excluding hydrogens is 280 g/mol. The van der Waals surface area contributed by atoms with E-state index in [1.165, 1.54) is 10.5 Å². The Bertz CT molecular complexity index is 590. The first kappa shape index (κ1) is 12.5. The van der Waals surface area contributed by atoms with E-state index in [-0.39, 0.29) is 11.2 Å². The van der Waals surface area contributed by atoms with Crippen LogP contribution in [0, 0.1) is 0 Å². The quantitative estimate of drug-likeness (QED) is 0.862. The van der Waals surface area contributed by atoms with Gasteiger partial charge in [0.1, 0.15) is 5.15 Å². The van der Waals surface area contributed by atoms with E-state index in [1.807, 2.05) is 12.1 Å². The molecule has 1 aliphatic rings. The first-order valence-electron chi connectivity index (χ1n) is 5.89. The fourth-order valence-electron chi connectivity index (χ4n) is 2.00. The van der Waals surface area contributed by atoms with Crippen molar-refractivity contribution < 1.29 is 4.79 Å². The van der Waals surface area contributed by atoms with Crippen LogP contribution < -0.4 is 5.32 Å². The van der Waals surface area contributed by atoms with Gasteiger partial charge in [-0.15, -0.1) is 11.8 Å². The highest BCUT2D eigenvalue weighted by Gasteiger charge is 2.27. The predicted octanol–water partition coefficient (Wildman–Crippen LogP) is 3.39. The number of pyridine rings is 1. The number of nitrogens with one attached hydrogen (secondary N) is 1. The predicted molar refractivity (Wildman–Crippen MR) is 77.7 cm³/mol. The van der Waals surface area contributed by atoms with E-state index in [1.54, 1.807) is 30.1 Å². The summed E-state index contributed by atoms with van der Waals surface area (Å²) >= 11 is 7.32. The molecule has 96 valence electrons. The van der Waals surface area contributed by atoms with Crippen LogP contribution >= 0.6 is 23.4 Å².